The molecule has 10 heteroatoms. The molecule has 6 aromatic rings. The quantitative estimate of drug-likeness (QED) is 0.0743. The molecule has 0 saturated carbocycles. The Bertz CT molecular complexity index is 2400. The summed E-state index contributed by atoms with van der Waals surface area (Å²) in [5, 5.41) is 26.1. The SMILES string of the molecule is CCCOc1ccc(-c2ccc3c(c2)CCN[C@@H]3CCc2cnccc2C(=O)O)c(C)c1.CCCOc1ccc(-c2ccc3c(c2)CCN[C@H]3CCc2cnccc2C(=O)O)c(C)c1. The molecule has 4 aromatic carbocycles. The average Bonchev–Trinajstić information content (AvgIpc) is 3.31. The highest BCUT2D eigenvalue weighted by atomic mass is 16.5. The summed E-state index contributed by atoms with van der Waals surface area (Å²) in [7, 11) is 0. The third-order valence-corrected chi connectivity index (χ3v) is 12.2. The van der Waals surface area contributed by atoms with Crippen LogP contribution in [0.2, 0.25) is 0 Å². The standard InChI is InChI=1S/2C27H30N2O3/c2*1-3-14-32-22-6-8-23(18(2)15-22)19-4-7-24-20(16-19)10-13-29-26(24)9-5-21-17-28-12-11-25(21)27(30)31/h2*4,6-8,11-12,15-17,26,29H,3,5,9-10,13-14H2,1-2H3,(H,30,31)/t2*26-/m10/s1. The highest BCUT2D eigenvalue weighted by Gasteiger charge is 2.23. The van der Waals surface area contributed by atoms with Gasteiger partial charge in [0.15, 0.2) is 0 Å². The van der Waals surface area contributed by atoms with Crippen molar-refractivity contribution in [2.45, 2.75) is 91.1 Å². The molecule has 4 N–H and O–H groups in total. The number of pyridine rings is 2. The van der Waals surface area contributed by atoms with Crippen LogP contribution in [0.5, 0.6) is 11.5 Å². The van der Waals surface area contributed by atoms with Gasteiger partial charge < -0.3 is 30.3 Å². The second-order valence-electron chi connectivity index (χ2n) is 16.7. The van der Waals surface area contributed by atoms with E-state index in [4.69, 9.17) is 9.47 Å². The molecule has 2 aliphatic rings. The molecule has 8 rings (SSSR count). The molecule has 0 aliphatic carbocycles. The largest absolute Gasteiger partial charge is 0.494 e. The fourth-order valence-electron chi connectivity index (χ4n) is 8.97. The van der Waals surface area contributed by atoms with Crippen molar-refractivity contribution >= 4 is 11.9 Å². The van der Waals surface area contributed by atoms with Gasteiger partial charge in [-0.1, -0.05) is 62.4 Å². The zero-order valence-corrected chi connectivity index (χ0v) is 37.5. The summed E-state index contributed by atoms with van der Waals surface area (Å²) in [6, 6.07) is 29.7. The molecule has 0 radical (unpaired) electrons. The molecule has 0 unspecified atom stereocenters. The number of carboxylic acid groups (broad SMARTS) is 2. The zero-order chi connectivity index (χ0) is 45.0. The van der Waals surface area contributed by atoms with E-state index in [-0.39, 0.29) is 12.1 Å². The van der Waals surface area contributed by atoms with E-state index in [2.05, 4.69) is 121 Å². The number of nitrogens with one attached hydrogen (secondary N) is 2. The fraction of sp³-hybridized carbons (Fsp3) is 0.333. The first kappa shape index (κ1) is 45.7. The molecule has 0 bridgehead atoms. The van der Waals surface area contributed by atoms with Crippen LogP contribution in [-0.2, 0) is 25.7 Å². The van der Waals surface area contributed by atoms with Crippen LogP contribution in [0.25, 0.3) is 22.3 Å². The number of carbonyl (C=O) groups is 2. The second kappa shape index (κ2) is 21.8. The number of aromatic carboxylic acids is 2. The van der Waals surface area contributed by atoms with E-state index in [1.807, 2.05) is 0 Å². The second-order valence-corrected chi connectivity index (χ2v) is 16.7. The maximum atomic E-state index is 11.5. The van der Waals surface area contributed by atoms with E-state index in [1.165, 1.54) is 68.0 Å². The van der Waals surface area contributed by atoms with E-state index in [1.54, 1.807) is 24.5 Å². The Labute approximate surface area is 377 Å². The summed E-state index contributed by atoms with van der Waals surface area (Å²) in [6.07, 6.45) is 13.4. The monoisotopic (exact) mass is 860 g/mol. The van der Waals surface area contributed by atoms with Crippen LogP contribution in [-0.4, -0.2) is 58.4 Å². The van der Waals surface area contributed by atoms with Crippen LogP contribution in [0.15, 0.2) is 110 Å². The Kier molecular flexibility index (Phi) is 15.6. The zero-order valence-electron chi connectivity index (χ0n) is 37.5. The Morgan fingerprint density at radius 2 is 1.05 bits per heavy atom. The number of hydrogen-bond acceptors (Lipinski definition) is 8. The van der Waals surface area contributed by atoms with Crippen molar-refractivity contribution in [1.29, 1.82) is 0 Å². The molecule has 4 heterocycles. The number of hydrogen-bond donors (Lipinski definition) is 4. The van der Waals surface area contributed by atoms with E-state index in [0.29, 0.717) is 24.0 Å². The minimum atomic E-state index is -0.898. The Morgan fingerprint density at radius 3 is 1.44 bits per heavy atom. The number of rotatable bonds is 16. The lowest BCUT2D eigenvalue weighted by Crippen LogP contribution is -2.30. The van der Waals surface area contributed by atoms with Crippen LogP contribution in [0.4, 0.5) is 0 Å². The maximum absolute atomic E-state index is 11.5. The van der Waals surface area contributed by atoms with E-state index in [0.717, 1.165) is 87.5 Å². The van der Waals surface area contributed by atoms with E-state index < -0.39 is 11.9 Å². The first-order valence-electron chi connectivity index (χ1n) is 22.7. The molecule has 2 aliphatic heterocycles. The van der Waals surface area contributed by atoms with E-state index in [9.17, 15) is 19.8 Å². The lowest BCUT2D eigenvalue weighted by atomic mass is 9.87. The number of carboxylic acids is 2. The van der Waals surface area contributed by atoms with E-state index >= 15 is 0 Å². The summed E-state index contributed by atoms with van der Waals surface area (Å²) in [4.78, 5) is 31.2. The van der Waals surface area contributed by atoms with Crippen molar-refractivity contribution in [3.05, 3.63) is 165 Å². The van der Waals surface area contributed by atoms with Gasteiger partial charge in [0.25, 0.3) is 0 Å². The van der Waals surface area contributed by atoms with Gasteiger partial charge >= 0.3 is 11.9 Å². The molecule has 2 aromatic heterocycles. The first-order valence-corrected chi connectivity index (χ1v) is 22.7. The maximum Gasteiger partial charge on any atom is 0.336 e. The van der Waals surface area contributed by atoms with Crippen molar-refractivity contribution in [2.24, 2.45) is 0 Å². The van der Waals surface area contributed by atoms with Crippen LogP contribution in [0.3, 0.4) is 0 Å². The number of benzene rings is 4. The van der Waals surface area contributed by atoms with Crippen LogP contribution in [0.1, 0.15) is 117 Å². The molecule has 0 fully saturated rings. The molecular formula is C54H60N4O6. The molecule has 0 spiro atoms. The van der Waals surface area contributed by atoms with Crippen molar-refractivity contribution in [3.8, 4) is 33.8 Å². The van der Waals surface area contributed by atoms with Gasteiger partial charge in [0.05, 0.1) is 24.3 Å². The van der Waals surface area contributed by atoms with Gasteiger partial charge in [-0.2, -0.15) is 0 Å². The fourth-order valence-corrected chi connectivity index (χ4v) is 8.97. The lowest BCUT2D eigenvalue weighted by Gasteiger charge is -2.28. The summed E-state index contributed by atoms with van der Waals surface area (Å²) in [6.45, 7) is 11.8. The number of aryl methyl sites for hydroxylation is 4. The number of ether oxygens (including phenoxy) is 2. The average molecular weight is 861 g/mol. The van der Waals surface area contributed by atoms with Gasteiger partial charge in [0.2, 0.25) is 0 Å². The number of fused-ring (bicyclic) bond motifs is 2. The van der Waals surface area contributed by atoms with Crippen LogP contribution in [0, 0.1) is 13.8 Å². The summed E-state index contributed by atoms with van der Waals surface area (Å²) in [5.41, 5.74) is 14.9. The molecule has 2 atom stereocenters. The van der Waals surface area contributed by atoms with Crippen molar-refractivity contribution in [2.75, 3.05) is 26.3 Å². The van der Waals surface area contributed by atoms with Gasteiger partial charge in [-0.05, 0) is 181 Å². The lowest BCUT2D eigenvalue weighted by molar-refractivity contribution is 0.0684. The minimum absolute atomic E-state index is 0.209. The summed E-state index contributed by atoms with van der Waals surface area (Å²) >= 11 is 0. The van der Waals surface area contributed by atoms with Gasteiger partial charge in [0.1, 0.15) is 11.5 Å². The normalized spacial score (nSPS) is 15.2. The smallest absolute Gasteiger partial charge is 0.336 e. The van der Waals surface area contributed by atoms with Gasteiger partial charge in [-0.15, -0.1) is 0 Å². The third-order valence-electron chi connectivity index (χ3n) is 12.2. The number of nitrogens with zero attached hydrogens (tertiary/aromatic N) is 2. The molecular weight excluding hydrogens is 801 g/mol. The highest BCUT2D eigenvalue weighted by Crippen LogP contribution is 2.35. The van der Waals surface area contributed by atoms with Crippen molar-refractivity contribution in [3.63, 3.8) is 0 Å². The van der Waals surface area contributed by atoms with Crippen LogP contribution >= 0.6 is 0 Å². The molecule has 0 saturated heterocycles. The topological polar surface area (TPSA) is 143 Å². The molecule has 332 valence electrons. The first-order chi connectivity index (χ1) is 31.1. The highest BCUT2D eigenvalue weighted by molar-refractivity contribution is 5.89. The summed E-state index contributed by atoms with van der Waals surface area (Å²) < 4.78 is 11.5. The predicted molar refractivity (Wildman–Crippen MR) is 253 cm³/mol. The predicted octanol–water partition coefficient (Wildman–Crippen LogP) is 10.7. The Hall–Kier alpha value is -6.36. The number of aromatic nitrogens is 2. The summed E-state index contributed by atoms with van der Waals surface area (Å²) in [5.74, 6) is 0.0500. The Morgan fingerprint density at radius 1 is 0.609 bits per heavy atom. The van der Waals surface area contributed by atoms with Crippen molar-refractivity contribution in [1.82, 2.24) is 20.6 Å². The van der Waals surface area contributed by atoms with Gasteiger partial charge in [-0.25, -0.2) is 9.59 Å². The molecule has 0 amide bonds. The van der Waals surface area contributed by atoms with Crippen molar-refractivity contribution < 1.29 is 29.3 Å². The Balaban J connectivity index is 0.000000191. The van der Waals surface area contributed by atoms with Gasteiger partial charge in [-0.3, -0.25) is 9.97 Å². The third kappa shape index (κ3) is 11.2. The molecule has 10 nitrogen and oxygen atoms in total. The van der Waals surface area contributed by atoms with Gasteiger partial charge in [0, 0.05) is 36.9 Å². The van der Waals surface area contributed by atoms with Crippen LogP contribution < -0.4 is 20.1 Å². The molecule has 64 heavy (non-hydrogen) atoms. The minimum Gasteiger partial charge on any atom is -0.494 e.